The van der Waals surface area contributed by atoms with Crippen LogP contribution in [0, 0.1) is 0 Å². The molecule has 88 valence electrons. The zero-order chi connectivity index (χ0) is 12.4. The predicted octanol–water partition coefficient (Wildman–Crippen LogP) is -0.372. The lowest BCUT2D eigenvalue weighted by Crippen LogP contribution is -2.17. The third-order valence-corrected chi connectivity index (χ3v) is 2.01. The van der Waals surface area contributed by atoms with Crippen molar-refractivity contribution >= 4 is 6.09 Å². The van der Waals surface area contributed by atoms with Gasteiger partial charge >= 0.3 is 6.09 Å². The molecule has 0 bridgehead atoms. The first-order chi connectivity index (χ1) is 8.08. The number of amides is 1. The van der Waals surface area contributed by atoms with E-state index in [-0.39, 0.29) is 22.8 Å². The molecule has 8 nitrogen and oxygen atoms in total. The average Bonchev–Trinajstić information content (AvgIpc) is 2.59. The maximum absolute atomic E-state index is 11.6. The van der Waals surface area contributed by atoms with Gasteiger partial charge in [0.15, 0.2) is 5.82 Å². The zero-order valence-corrected chi connectivity index (χ0v) is 8.88. The summed E-state index contributed by atoms with van der Waals surface area (Å²) < 4.78 is 5.87. The molecule has 0 aromatic carbocycles. The van der Waals surface area contributed by atoms with Gasteiger partial charge in [0.25, 0.3) is 5.56 Å². The van der Waals surface area contributed by atoms with Crippen LogP contribution in [0.4, 0.5) is 4.79 Å². The number of aromatic amines is 1. The van der Waals surface area contributed by atoms with E-state index in [0.717, 1.165) is 0 Å². The van der Waals surface area contributed by atoms with Gasteiger partial charge in [0.1, 0.15) is 5.56 Å². The Morgan fingerprint density at radius 2 is 2.35 bits per heavy atom. The second-order valence-corrected chi connectivity index (χ2v) is 3.19. The lowest BCUT2D eigenvalue weighted by Gasteiger charge is -2.00. The number of carbonyl (C=O) groups excluding carboxylic acids is 1. The number of H-pyrrole nitrogens is 1. The van der Waals surface area contributed by atoms with E-state index in [1.165, 1.54) is 23.1 Å². The van der Waals surface area contributed by atoms with Crippen molar-refractivity contribution in [2.75, 3.05) is 0 Å². The van der Waals surface area contributed by atoms with E-state index in [1.54, 1.807) is 7.05 Å². The quantitative estimate of drug-likeness (QED) is 0.736. The number of primary amides is 1. The number of aryl methyl sites for hydroxylation is 1. The summed E-state index contributed by atoms with van der Waals surface area (Å²) in [4.78, 5) is 30.0. The maximum atomic E-state index is 11.6. The van der Waals surface area contributed by atoms with Crippen molar-refractivity contribution in [2.45, 2.75) is 0 Å². The normalized spacial score (nSPS) is 10.2. The number of ether oxygens (including phenoxy) is 1. The largest absolute Gasteiger partial charge is 0.411 e. The number of nitrogens with zero attached hydrogens (tertiary/aromatic N) is 3. The van der Waals surface area contributed by atoms with Crippen molar-refractivity contribution in [3.05, 3.63) is 28.8 Å². The van der Waals surface area contributed by atoms with Crippen LogP contribution in [-0.2, 0) is 7.05 Å². The first-order valence-corrected chi connectivity index (χ1v) is 4.63. The molecule has 1 amide bonds. The molecule has 0 unspecified atom stereocenters. The lowest BCUT2D eigenvalue weighted by atomic mass is 10.3. The molecule has 0 atom stereocenters. The van der Waals surface area contributed by atoms with E-state index in [0.29, 0.717) is 0 Å². The summed E-state index contributed by atoms with van der Waals surface area (Å²) in [5.74, 6) is 0.149. The van der Waals surface area contributed by atoms with E-state index >= 15 is 0 Å². The third kappa shape index (κ3) is 2.14. The van der Waals surface area contributed by atoms with Gasteiger partial charge in [-0.2, -0.15) is 4.98 Å². The second-order valence-electron chi connectivity index (χ2n) is 3.19. The minimum absolute atomic E-state index is 0.00856. The summed E-state index contributed by atoms with van der Waals surface area (Å²) in [5, 5.41) is 2.69. The monoisotopic (exact) mass is 235 g/mol. The summed E-state index contributed by atoms with van der Waals surface area (Å²) in [5.41, 5.74) is 4.86. The summed E-state index contributed by atoms with van der Waals surface area (Å²) in [6.45, 7) is 0. The van der Waals surface area contributed by atoms with Crippen LogP contribution in [0.3, 0.4) is 0 Å². The second kappa shape index (κ2) is 4.08. The van der Waals surface area contributed by atoms with Crippen LogP contribution in [0.1, 0.15) is 0 Å². The van der Waals surface area contributed by atoms with Crippen molar-refractivity contribution in [1.29, 1.82) is 0 Å². The molecule has 2 aromatic heterocycles. The van der Waals surface area contributed by atoms with Crippen LogP contribution in [-0.4, -0.2) is 25.8 Å². The van der Waals surface area contributed by atoms with E-state index < -0.39 is 6.09 Å². The molecule has 0 spiro atoms. The molecule has 17 heavy (non-hydrogen) atoms. The van der Waals surface area contributed by atoms with Gasteiger partial charge in [0, 0.05) is 25.5 Å². The Bertz CT molecular complexity index is 615. The first-order valence-electron chi connectivity index (χ1n) is 4.63. The van der Waals surface area contributed by atoms with Crippen molar-refractivity contribution in [3.63, 3.8) is 0 Å². The van der Waals surface area contributed by atoms with Gasteiger partial charge in [-0.3, -0.25) is 9.48 Å². The summed E-state index contributed by atoms with van der Waals surface area (Å²) in [7, 11) is 1.57. The first kappa shape index (κ1) is 10.9. The fourth-order valence-electron chi connectivity index (χ4n) is 1.25. The van der Waals surface area contributed by atoms with Crippen molar-refractivity contribution in [1.82, 2.24) is 19.7 Å². The van der Waals surface area contributed by atoms with Crippen LogP contribution >= 0.6 is 0 Å². The third-order valence-electron chi connectivity index (χ3n) is 2.01. The highest BCUT2D eigenvalue weighted by Crippen LogP contribution is 2.12. The highest BCUT2D eigenvalue weighted by Gasteiger charge is 2.11. The zero-order valence-electron chi connectivity index (χ0n) is 8.88. The minimum Gasteiger partial charge on any atom is -0.391 e. The Hall–Kier alpha value is -2.64. The average molecular weight is 235 g/mol. The molecule has 2 rings (SSSR count). The summed E-state index contributed by atoms with van der Waals surface area (Å²) in [6, 6.07) is 1.37. The number of carbonyl (C=O) groups is 1. The van der Waals surface area contributed by atoms with E-state index in [2.05, 4.69) is 19.8 Å². The summed E-state index contributed by atoms with van der Waals surface area (Å²) >= 11 is 0. The molecule has 0 fully saturated rings. The molecule has 3 N–H and O–H groups in total. The smallest absolute Gasteiger partial charge is 0.391 e. The molecule has 0 saturated carbocycles. The Morgan fingerprint density at radius 1 is 1.59 bits per heavy atom. The Labute approximate surface area is 95.0 Å². The van der Waals surface area contributed by atoms with Gasteiger partial charge in [0.2, 0.25) is 5.88 Å². The number of nitrogens with one attached hydrogen (secondary N) is 1. The van der Waals surface area contributed by atoms with Gasteiger partial charge in [-0.05, 0) is 0 Å². The minimum atomic E-state index is -0.975. The number of rotatable bonds is 2. The molecule has 0 aliphatic carbocycles. The van der Waals surface area contributed by atoms with Crippen LogP contribution in [0.15, 0.2) is 23.3 Å². The maximum Gasteiger partial charge on any atom is 0.411 e. The van der Waals surface area contributed by atoms with Crippen LogP contribution in [0.2, 0.25) is 0 Å². The molecule has 8 heteroatoms. The Morgan fingerprint density at radius 3 is 2.94 bits per heavy atom. The lowest BCUT2D eigenvalue weighted by molar-refractivity contribution is 0.209. The van der Waals surface area contributed by atoms with Crippen molar-refractivity contribution in [3.8, 4) is 17.3 Å². The predicted molar refractivity (Wildman–Crippen MR) is 57.3 cm³/mol. The highest BCUT2D eigenvalue weighted by atomic mass is 16.6. The van der Waals surface area contributed by atoms with Gasteiger partial charge in [-0.25, -0.2) is 9.78 Å². The molecule has 0 saturated heterocycles. The molecular formula is C9H9N5O3. The fraction of sp³-hybridized carbons (Fsp3) is 0.111. The summed E-state index contributed by atoms with van der Waals surface area (Å²) in [6.07, 6.45) is 1.86. The number of hydrogen-bond donors (Lipinski definition) is 2. The van der Waals surface area contributed by atoms with Gasteiger partial charge in [-0.15, -0.1) is 0 Å². The van der Waals surface area contributed by atoms with E-state index in [1.807, 2.05) is 0 Å². The van der Waals surface area contributed by atoms with Gasteiger partial charge < -0.3 is 15.6 Å². The Kier molecular flexibility index (Phi) is 2.61. The van der Waals surface area contributed by atoms with Crippen molar-refractivity contribution < 1.29 is 9.53 Å². The van der Waals surface area contributed by atoms with Gasteiger partial charge in [0.05, 0.1) is 0 Å². The van der Waals surface area contributed by atoms with E-state index in [9.17, 15) is 9.59 Å². The molecular weight excluding hydrogens is 226 g/mol. The standard InChI is InChI=1S/C9H9N5O3/c1-14-8(15)5(4-12-14)7-11-3-2-6(13-7)17-9(10)16/h2-4,12H,1H3,(H2,10,16). The SMILES string of the molecule is Cn1[nH]cc(-c2nccc(OC(N)=O)n2)c1=O. The van der Waals surface area contributed by atoms with E-state index in [4.69, 9.17) is 5.73 Å². The Balaban J connectivity index is 2.43. The molecule has 2 heterocycles. The number of nitrogens with two attached hydrogens (primary N) is 1. The number of aromatic nitrogens is 4. The van der Waals surface area contributed by atoms with Crippen LogP contribution in [0.5, 0.6) is 5.88 Å². The highest BCUT2D eigenvalue weighted by molar-refractivity contribution is 5.67. The fourth-order valence-corrected chi connectivity index (χ4v) is 1.25. The van der Waals surface area contributed by atoms with Gasteiger partial charge in [-0.1, -0.05) is 0 Å². The topological polar surface area (TPSA) is 116 Å². The molecule has 2 aromatic rings. The molecule has 0 aliphatic heterocycles. The number of hydrogen-bond acceptors (Lipinski definition) is 5. The molecule has 0 radical (unpaired) electrons. The van der Waals surface area contributed by atoms with Crippen molar-refractivity contribution in [2.24, 2.45) is 12.8 Å². The van der Waals surface area contributed by atoms with Crippen LogP contribution in [0.25, 0.3) is 11.4 Å². The van der Waals surface area contributed by atoms with Crippen LogP contribution < -0.4 is 16.0 Å². The molecule has 0 aliphatic rings.